The molecule has 0 aliphatic carbocycles. The van der Waals surface area contributed by atoms with Gasteiger partial charge in [-0.2, -0.15) is 0 Å². The third-order valence-electron chi connectivity index (χ3n) is 4.09. The zero-order valence-electron chi connectivity index (χ0n) is 15.6. The van der Waals surface area contributed by atoms with Gasteiger partial charge in [0.1, 0.15) is 5.82 Å². The number of benzene rings is 2. The lowest BCUT2D eigenvalue weighted by Gasteiger charge is -2.15. The second kappa shape index (κ2) is 8.48. The lowest BCUT2D eigenvalue weighted by atomic mass is 10.1. The van der Waals surface area contributed by atoms with Crippen molar-refractivity contribution in [2.75, 3.05) is 0 Å². The summed E-state index contributed by atoms with van der Waals surface area (Å²) in [6.07, 6.45) is 0. The van der Waals surface area contributed by atoms with Crippen molar-refractivity contribution in [3.63, 3.8) is 0 Å². The smallest absolute Gasteiger partial charge is 0.192 e. The molecule has 0 unspecified atom stereocenters. The predicted octanol–water partition coefficient (Wildman–Crippen LogP) is 5.10. The quantitative estimate of drug-likeness (QED) is 0.420. The van der Waals surface area contributed by atoms with Gasteiger partial charge in [-0.1, -0.05) is 68.1 Å². The molecule has 1 atom stereocenters. The molecule has 4 nitrogen and oxygen atoms in total. The summed E-state index contributed by atoms with van der Waals surface area (Å²) in [5.74, 6) is 0.515. The summed E-state index contributed by atoms with van der Waals surface area (Å²) in [5.41, 5.74) is 1.08. The minimum Gasteiger partial charge on any atom is -0.302 e. The highest BCUT2D eigenvalue weighted by molar-refractivity contribution is 8.00. The fourth-order valence-electron chi connectivity index (χ4n) is 2.80. The molecule has 0 spiro atoms. The fraction of sp³-hybridized carbons (Fsp3) is 0.286. The number of carbonyl (C=O) groups is 1. The highest BCUT2D eigenvalue weighted by Gasteiger charge is 2.23. The Kier molecular flexibility index (Phi) is 6.06. The van der Waals surface area contributed by atoms with Gasteiger partial charge >= 0.3 is 0 Å². The van der Waals surface area contributed by atoms with Crippen molar-refractivity contribution < 1.29 is 9.18 Å². The number of hydrogen-bond donors (Lipinski definition) is 0. The second-order valence-corrected chi connectivity index (χ2v) is 8.09. The molecular weight excluding hydrogens is 361 g/mol. The first-order valence-corrected chi connectivity index (χ1v) is 9.79. The Hall–Kier alpha value is -2.47. The second-order valence-electron chi connectivity index (χ2n) is 6.78. The standard InChI is InChI=1S/C21H22FN3OS/c1-14(2)13-25-20(17-11-7-8-12-18(17)22)23-24-21(25)27-15(3)19(26)16-9-5-4-6-10-16/h4-12,14-15H,13H2,1-3H3/t15-/m1/s1. The first-order valence-electron chi connectivity index (χ1n) is 8.91. The van der Waals surface area contributed by atoms with Crippen LogP contribution in [0.3, 0.4) is 0 Å². The Morgan fingerprint density at radius 1 is 1.04 bits per heavy atom. The van der Waals surface area contributed by atoms with E-state index in [9.17, 15) is 9.18 Å². The SMILES string of the molecule is CC(C)Cn1c(S[C@H](C)C(=O)c2ccccc2)nnc1-c1ccccc1F. The van der Waals surface area contributed by atoms with Crippen LogP contribution in [0.25, 0.3) is 11.4 Å². The highest BCUT2D eigenvalue weighted by Crippen LogP contribution is 2.30. The molecule has 3 aromatic rings. The van der Waals surface area contributed by atoms with Crippen LogP contribution in [0.1, 0.15) is 31.1 Å². The molecule has 0 fully saturated rings. The Morgan fingerprint density at radius 2 is 1.70 bits per heavy atom. The Labute approximate surface area is 162 Å². The van der Waals surface area contributed by atoms with Gasteiger partial charge in [0.05, 0.1) is 10.8 Å². The van der Waals surface area contributed by atoms with Crippen LogP contribution in [0.5, 0.6) is 0 Å². The zero-order valence-corrected chi connectivity index (χ0v) is 16.4. The Morgan fingerprint density at radius 3 is 2.37 bits per heavy atom. The van der Waals surface area contributed by atoms with Gasteiger partial charge in [-0.05, 0) is 25.0 Å². The van der Waals surface area contributed by atoms with Crippen molar-refractivity contribution in [3.05, 3.63) is 66.0 Å². The van der Waals surface area contributed by atoms with Crippen LogP contribution >= 0.6 is 11.8 Å². The number of hydrogen-bond acceptors (Lipinski definition) is 4. The summed E-state index contributed by atoms with van der Waals surface area (Å²) in [4.78, 5) is 12.7. The van der Waals surface area contributed by atoms with E-state index in [1.165, 1.54) is 17.8 Å². The van der Waals surface area contributed by atoms with Gasteiger partial charge in [0.25, 0.3) is 0 Å². The van der Waals surface area contributed by atoms with Crippen LogP contribution in [-0.4, -0.2) is 25.8 Å². The number of nitrogens with zero attached hydrogens (tertiary/aromatic N) is 3. The summed E-state index contributed by atoms with van der Waals surface area (Å²) in [6.45, 7) is 6.67. The molecule has 0 bridgehead atoms. The summed E-state index contributed by atoms with van der Waals surface area (Å²) in [7, 11) is 0. The number of ketones is 1. The molecule has 6 heteroatoms. The molecule has 1 heterocycles. The van der Waals surface area contributed by atoms with E-state index in [-0.39, 0.29) is 16.9 Å². The number of Topliss-reactive ketones (excluding diaryl/α,β-unsaturated/α-hetero) is 1. The van der Waals surface area contributed by atoms with E-state index in [0.717, 1.165) is 0 Å². The van der Waals surface area contributed by atoms with Crippen LogP contribution in [0.4, 0.5) is 4.39 Å². The number of halogens is 1. The molecule has 0 amide bonds. The van der Waals surface area contributed by atoms with Gasteiger partial charge in [0.15, 0.2) is 16.8 Å². The zero-order chi connectivity index (χ0) is 19.4. The maximum atomic E-state index is 14.3. The van der Waals surface area contributed by atoms with E-state index < -0.39 is 0 Å². The van der Waals surface area contributed by atoms with Crippen molar-refractivity contribution in [2.24, 2.45) is 5.92 Å². The molecular formula is C21H22FN3OS. The highest BCUT2D eigenvalue weighted by atomic mass is 32.2. The van der Waals surface area contributed by atoms with Gasteiger partial charge in [-0.3, -0.25) is 4.79 Å². The Bertz CT molecular complexity index is 924. The average molecular weight is 383 g/mol. The molecule has 0 aliphatic heterocycles. The number of carbonyl (C=O) groups excluding carboxylic acids is 1. The van der Waals surface area contributed by atoms with E-state index in [0.29, 0.717) is 34.6 Å². The molecule has 1 aromatic heterocycles. The van der Waals surface area contributed by atoms with Crippen LogP contribution in [0.2, 0.25) is 0 Å². The number of rotatable bonds is 7. The van der Waals surface area contributed by atoms with Gasteiger partial charge in [-0.15, -0.1) is 10.2 Å². The number of thioether (sulfide) groups is 1. The third-order valence-corrected chi connectivity index (χ3v) is 5.17. The minimum absolute atomic E-state index is 0.0344. The monoisotopic (exact) mass is 383 g/mol. The maximum Gasteiger partial charge on any atom is 0.192 e. The molecule has 0 aliphatic rings. The van der Waals surface area contributed by atoms with Crippen LogP contribution < -0.4 is 0 Å². The van der Waals surface area contributed by atoms with E-state index in [1.807, 2.05) is 41.8 Å². The lowest BCUT2D eigenvalue weighted by molar-refractivity contribution is 0.0994. The molecule has 3 rings (SSSR count). The van der Waals surface area contributed by atoms with Gasteiger partial charge in [-0.25, -0.2) is 4.39 Å². The van der Waals surface area contributed by atoms with Crippen LogP contribution in [0.15, 0.2) is 59.8 Å². The lowest BCUT2D eigenvalue weighted by Crippen LogP contribution is -2.15. The average Bonchev–Trinajstić information content (AvgIpc) is 3.03. The van der Waals surface area contributed by atoms with Crippen LogP contribution in [0, 0.1) is 11.7 Å². The normalized spacial score (nSPS) is 12.3. The summed E-state index contributed by atoms with van der Waals surface area (Å²) < 4.78 is 16.2. The minimum atomic E-state index is -0.333. The van der Waals surface area contributed by atoms with Crippen molar-refractivity contribution in [1.29, 1.82) is 0 Å². The van der Waals surface area contributed by atoms with E-state index >= 15 is 0 Å². The van der Waals surface area contributed by atoms with Crippen molar-refractivity contribution in [3.8, 4) is 11.4 Å². The maximum absolute atomic E-state index is 14.3. The first-order chi connectivity index (χ1) is 13.0. The molecule has 140 valence electrons. The molecule has 0 radical (unpaired) electrons. The third kappa shape index (κ3) is 4.45. The topological polar surface area (TPSA) is 47.8 Å². The largest absolute Gasteiger partial charge is 0.302 e. The van der Waals surface area contributed by atoms with Crippen molar-refractivity contribution >= 4 is 17.5 Å². The molecule has 0 saturated heterocycles. The molecule has 0 saturated carbocycles. The fourth-order valence-corrected chi connectivity index (χ4v) is 3.73. The van der Waals surface area contributed by atoms with Crippen molar-refractivity contribution in [2.45, 2.75) is 37.7 Å². The summed E-state index contributed by atoms with van der Waals surface area (Å²) >= 11 is 1.35. The van der Waals surface area contributed by atoms with Crippen LogP contribution in [-0.2, 0) is 6.54 Å². The summed E-state index contributed by atoms with van der Waals surface area (Å²) in [5, 5.41) is 8.79. The van der Waals surface area contributed by atoms with E-state index in [4.69, 9.17) is 0 Å². The van der Waals surface area contributed by atoms with E-state index in [1.54, 1.807) is 18.2 Å². The van der Waals surface area contributed by atoms with Gasteiger partial charge in [0.2, 0.25) is 0 Å². The van der Waals surface area contributed by atoms with Crippen molar-refractivity contribution in [1.82, 2.24) is 14.8 Å². The molecule has 0 N–H and O–H groups in total. The first kappa shape index (κ1) is 19.3. The summed E-state index contributed by atoms with van der Waals surface area (Å²) in [6, 6.07) is 15.7. The van der Waals surface area contributed by atoms with Gasteiger partial charge < -0.3 is 4.57 Å². The molecule has 2 aromatic carbocycles. The van der Waals surface area contributed by atoms with E-state index in [2.05, 4.69) is 24.0 Å². The Balaban J connectivity index is 1.91. The predicted molar refractivity (Wildman–Crippen MR) is 106 cm³/mol. The molecule has 27 heavy (non-hydrogen) atoms. The number of aromatic nitrogens is 3. The van der Waals surface area contributed by atoms with Gasteiger partial charge in [0, 0.05) is 12.1 Å².